The van der Waals surface area contributed by atoms with Crippen molar-refractivity contribution in [2.75, 3.05) is 39.4 Å². The third kappa shape index (κ3) is 4.69. The van der Waals surface area contributed by atoms with E-state index in [4.69, 9.17) is 4.74 Å². The highest BCUT2D eigenvalue weighted by Gasteiger charge is 2.22. The Bertz CT molecular complexity index is 504. The van der Waals surface area contributed by atoms with Crippen LogP contribution in [0.4, 0.5) is 4.79 Å². The number of hydrogen-bond acceptors (Lipinski definition) is 3. The molecular formula is C18H27N3O2. The molecule has 1 heterocycles. The average Bonchev–Trinajstić information content (AvgIpc) is 2.96. The van der Waals surface area contributed by atoms with Gasteiger partial charge in [-0.05, 0) is 29.9 Å². The van der Waals surface area contributed by atoms with Crippen LogP contribution in [0.1, 0.15) is 18.1 Å². The van der Waals surface area contributed by atoms with Crippen LogP contribution in [0.2, 0.25) is 0 Å². The van der Waals surface area contributed by atoms with Crippen molar-refractivity contribution in [2.24, 2.45) is 5.92 Å². The molecule has 1 fully saturated rings. The lowest BCUT2D eigenvalue weighted by molar-refractivity contribution is 0.0319. The molecule has 1 aliphatic heterocycles. The van der Waals surface area contributed by atoms with Gasteiger partial charge in [-0.1, -0.05) is 31.2 Å². The smallest absolute Gasteiger partial charge is 0.315 e. The molecule has 0 spiro atoms. The monoisotopic (exact) mass is 317 g/mol. The maximum Gasteiger partial charge on any atom is 0.315 e. The molecule has 2 aliphatic rings. The van der Waals surface area contributed by atoms with Crippen LogP contribution in [0.5, 0.6) is 0 Å². The van der Waals surface area contributed by atoms with E-state index in [9.17, 15) is 4.79 Å². The number of hydrogen-bond donors (Lipinski definition) is 2. The maximum atomic E-state index is 12.1. The summed E-state index contributed by atoms with van der Waals surface area (Å²) in [6.45, 7) is 7.54. The summed E-state index contributed by atoms with van der Waals surface area (Å²) in [5.41, 5.74) is 2.72. The van der Waals surface area contributed by atoms with Gasteiger partial charge in [0.05, 0.1) is 13.2 Å². The normalized spacial score (nSPS) is 20.0. The second-order valence-electron chi connectivity index (χ2n) is 6.75. The number of fused-ring (bicyclic) bond motifs is 1. The van der Waals surface area contributed by atoms with Crippen molar-refractivity contribution in [1.29, 1.82) is 0 Å². The first kappa shape index (κ1) is 16.3. The van der Waals surface area contributed by atoms with Gasteiger partial charge in [-0.3, -0.25) is 4.90 Å². The van der Waals surface area contributed by atoms with Gasteiger partial charge in [0.2, 0.25) is 0 Å². The second kappa shape index (κ2) is 7.79. The minimum absolute atomic E-state index is 0.0448. The fourth-order valence-corrected chi connectivity index (χ4v) is 3.45. The lowest BCUT2D eigenvalue weighted by Crippen LogP contribution is -2.46. The molecule has 0 unspecified atom stereocenters. The first-order valence-corrected chi connectivity index (χ1v) is 8.62. The molecule has 5 nitrogen and oxygen atoms in total. The lowest BCUT2D eigenvalue weighted by atomic mass is 10.1. The van der Waals surface area contributed by atoms with Crippen LogP contribution in [0.15, 0.2) is 24.3 Å². The fourth-order valence-electron chi connectivity index (χ4n) is 3.45. The SMILES string of the molecule is C[C@@H](CNC(=O)NC1Cc2ccccc2C1)CN1CCOCC1. The maximum absolute atomic E-state index is 12.1. The van der Waals surface area contributed by atoms with Gasteiger partial charge in [0.1, 0.15) is 0 Å². The first-order valence-electron chi connectivity index (χ1n) is 8.62. The van der Waals surface area contributed by atoms with Crippen LogP contribution >= 0.6 is 0 Å². The average molecular weight is 317 g/mol. The first-order chi connectivity index (χ1) is 11.2. The Morgan fingerprint density at radius 3 is 2.57 bits per heavy atom. The van der Waals surface area contributed by atoms with Crippen LogP contribution in [0, 0.1) is 5.92 Å². The molecule has 5 heteroatoms. The molecule has 0 radical (unpaired) electrons. The van der Waals surface area contributed by atoms with Crippen molar-refractivity contribution in [3.8, 4) is 0 Å². The summed E-state index contributed by atoms with van der Waals surface area (Å²) in [6.07, 6.45) is 1.87. The Labute approximate surface area is 138 Å². The minimum Gasteiger partial charge on any atom is -0.379 e. The van der Waals surface area contributed by atoms with Crippen molar-refractivity contribution in [1.82, 2.24) is 15.5 Å². The molecule has 1 aliphatic carbocycles. The molecule has 3 rings (SSSR count). The van der Waals surface area contributed by atoms with Crippen LogP contribution in [0.3, 0.4) is 0 Å². The molecule has 126 valence electrons. The number of amides is 2. The third-order valence-electron chi connectivity index (χ3n) is 4.67. The zero-order valence-corrected chi connectivity index (χ0v) is 13.9. The van der Waals surface area contributed by atoms with Crippen molar-refractivity contribution >= 4 is 6.03 Å². The summed E-state index contributed by atoms with van der Waals surface area (Å²) in [4.78, 5) is 14.5. The van der Waals surface area contributed by atoms with Crippen LogP contribution in [0.25, 0.3) is 0 Å². The van der Waals surface area contributed by atoms with E-state index in [1.807, 2.05) is 0 Å². The van der Waals surface area contributed by atoms with Gasteiger partial charge in [0.15, 0.2) is 0 Å². The number of ether oxygens (including phenoxy) is 1. The number of nitrogens with one attached hydrogen (secondary N) is 2. The molecule has 2 N–H and O–H groups in total. The zero-order chi connectivity index (χ0) is 16.1. The molecule has 1 aromatic carbocycles. The summed E-state index contributed by atoms with van der Waals surface area (Å²) in [6, 6.07) is 8.61. The Morgan fingerprint density at radius 2 is 1.91 bits per heavy atom. The van der Waals surface area contributed by atoms with Gasteiger partial charge in [-0.15, -0.1) is 0 Å². The predicted octanol–water partition coefficient (Wildman–Crippen LogP) is 1.42. The number of morpholine rings is 1. The Morgan fingerprint density at radius 1 is 1.26 bits per heavy atom. The van der Waals surface area contributed by atoms with Gasteiger partial charge in [0, 0.05) is 32.2 Å². The third-order valence-corrected chi connectivity index (χ3v) is 4.67. The molecule has 1 aromatic rings. The van der Waals surface area contributed by atoms with E-state index in [1.54, 1.807) is 0 Å². The van der Waals surface area contributed by atoms with Crippen molar-refractivity contribution in [2.45, 2.75) is 25.8 Å². The molecule has 23 heavy (non-hydrogen) atoms. The molecule has 1 saturated heterocycles. The van der Waals surface area contributed by atoms with Crippen molar-refractivity contribution in [3.05, 3.63) is 35.4 Å². The van der Waals surface area contributed by atoms with Gasteiger partial charge >= 0.3 is 6.03 Å². The van der Waals surface area contributed by atoms with E-state index in [-0.39, 0.29) is 12.1 Å². The van der Waals surface area contributed by atoms with Crippen LogP contribution in [-0.2, 0) is 17.6 Å². The van der Waals surface area contributed by atoms with E-state index in [0.29, 0.717) is 12.5 Å². The second-order valence-corrected chi connectivity index (χ2v) is 6.75. The topological polar surface area (TPSA) is 53.6 Å². The standard InChI is InChI=1S/C18H27N3O2/c1-14(13-21-6-8-23-9-7-21)12-19-18(22)20-17-10-15-4-2-3-5-16(15)11-17/h2-5,14,17H,6-13H2,1H3,(H2,19,20,22)/t14-/m0/s1. The molecule has 0 saturated carbocycles. The molecule has 0 aromatic heterocycles. The Hall–Kier alpha value is -1.59. The number of rotatable bonds is 5. The van der Waals surface area contributed by atoms with Gasteiger partial charge in [-0.2, -0.15) is 0 Å². The number of urea groups is 1. The fraction of sp³-hybridized carbons (Fsp3) is 0.611. The van der Waals surface area contributed by atoms with Gasteiger partial charge in [0.25, 0.3) is 0 Å². The summed E-state index contributed by atoms with van der Waals surface area (Å²) in [5, 5.41) is 6.12. The number of nitrogens with zero attached hydrogens (tertiary/aromatic N) is 1. The molecule has 2 amide bonds. The quantitative estimate of drug-likeness (QED) is 0.864. The molecular weight excluding hydrogens is 290 g/mol. The van der Waals surface area contributed by atoms with E-state index in [2.05, 4.69) is 46.7 Å². The van der Waals surface area contributed by atoms with Crippen LogP contribution < -0.4 is 10.6 Å². The largest absolute Gasteiger partial charge is 0.379 e. The van der Waals surface area contributed by atoms with Crippen molar-refractivity contribution < 1.29 is 9.53 Å². The predicted molar refractivity (Wildman–Crippen MR) is 90.6 cm³/mol. The highest BCUT2D eigenvalue weighted by molar-refractivity contribution is 5.74. The Balaban J connectivity index is 1.35. The minimum atomic E-state index is -0.0448. The molecule has 1 atom stereocenters. The van der Waals surface area contributed by atoms with Crippen molar-refractivity contribution in [3.63, 3.8) is 0 Å². The van der Waals surface area contributed by atoms with Crippen LogP contribution in [-0.4, -0.2) is 56.4 Å². The van der Waals surface area contributed by atoms with E-state index >= 15 is 0 Å². The zero-order valence-electron chi connectivity index (χ0n) is 13.9. The number of carbonyl (C=O) groups excluding carboxylic acids is 1. The van der Waals surface area contributed by atoms with Gasteiger partial charge < -0.3 is 15.4 Å². The van der Waals surface area contributed by atoms with E-state index in [1.165, 1.54) is 11.1 Å². The number of benzene rings is 1. The Kier molecular flexibility index (Phi) is 5.51. The summed E-state index contributed by atoms with van der Waals surface area (Å²) < 4.78 is 5.36. The van der Waals surface area contributed by atoms with E-state index < -0.39 is 0 Å². The highest BCUT2D eigenvalue weighted by Crippen LogP contribution is 2.21. The summed E-state index contributed by atoms with van der Waals surface area (Å²) in [5.74, 6) is 0.444. The van der Waals surface area contributed by atoms with E-state index in [0.717, 1.165) is 45.7 Å². The lowest BCUT2D eigenvalue weighted by Gasteiger charge is -2.29. The summed E-state index contributed by atoms with van der Waals surface area (Å²) >= 11 is 0. The molecule has 0 bridgehead atoms. The van der Waals surface area contributed by atoms with Gasteiger partial charge in [-0.25, -0.2) is 4.79 Å². The highest BCUT2D eigenvalue weighted by atomic mass is 16.5. The summed E-state index contributed by atoms with van der Waals surface area (Å²) in [7, 11) is 0. The number of carbonyl (C=O) groups is 1.